The third-order valence-electron chi connectivity index (χ3n) is 3.98. The van der Waals surface area contributed by atoms with Crippen LogP contribution in [-0.4, -0.2) is 0 Å². The number of benzene rings is 1. The van der Waals surface area contributed by atoms with Crippen molar-refractivity contribution in [2.45, 2.75) is 25.8 Å². The summed E-state index contributed by atoms with van der Waals surface area (Å²) in [5, 5.41) is 0.995. The molecule has 0 unspecified atom stereocenters. The van der Waals surface area contributed by atoms with Crippen LogP contribution in [0.2, 0.25) is 0 Å². The van der Waals surface area contributed by atoms with Crippen LogP contribution in [0.5, 0.6) is 0 Å². The first-order valence-corrected chi connectivity index (χ1v) is 6.16. The van der Waals surface area contributed by atoms with E-state index in [0.717, 1.165) is 17.4 Å². The maximum absolute atomic E-state index is 13.2. The van der Waals surface area contributed by atoms with Gasteiger partial charge in [-0.1, -0.05) is 0 Å². The molecule has 1 aromatic heterocycles. The van der Waals surface area contributed by atoms with Crippen LogP contribution in [0.3, 0.4) is 0 Å². The van der Waals surface area contributed by atoms with Crippen LogP contribution in [0, 0.1) is 5.82 Å². The topological polar surface area (TPSA) is 3.88 Å². The van der Waals surface area contributed by atoms with Crippen LogP contribution in [-0.2, 0) is 6.54 Å². The molecule has 0 spiro atoms. The molecule has 0 amide bonds. The minimum absolute atomic E-state index is 0.156. The Balaban J connectivity index is 2.01. The second kappa shape index (κ2) is 3.16. The van der Waals surface area contributed by atoms with Crippen molar-refractivity contribution in [2.24, 2.45) is 0 Å². The van der Waals surface area contributed by atoms with E-state index in [0.29, 0.717) is 0 Å². The number of fused-ring (bicyclic) bond motifs is 4. The Morgan fingerprint density at radius 3 is 2.94 bits per heavy atom. The SMILES string of the molecule is Fc1ccc2c(ccc3[n+]2CC2=C3CCC2)c1. The molecule has 17 heavy (non-hydrogen) atoms. The highest BCUT2D eigenvalue weighted by Crippen LogP contribution is 2.37. The molecule has 0 N–H and O–H groups in total. The molecule has 1 aromatic carbocycles. The predicted octanol–water partition coefficient (Wildman–Crippen LogP) is 3.22. The van der Waals surface area contributed by atoms with Gasteiger partial charge in [0.25, 0.3) is 0 Å². The van der Waals surface area contributed by atoms with Crippen LogP contribution in [0.25, 0.3) is 16.5 Å². The Labute approximate surface area is 99.2 Å². The number of hydrogen-bond acceptors (Lipinski definition) is 0. The first kappa shape index (κ1) is 9.34. The molecule has 2 aromatic rings. The summed E-state index contributed by atoms with van der Waals surface area (Å²) >= 11 is 0. The Morgan fingerprint density at radius 1 is 1.06 bits per heavy atom. The Bertz CT molecular complexity index is 670. The molecular formula is C15H13FN+. The Kier molecular flexibility index (Phi) is 1.74. The Morgan fingerprint density at radius 2 is 2.00 bits per heavy atom. The van der Waals surface area contributed by atoms with Gasteiger partial charge in [-0.2, -0.15) is 4.57 Å². The number of pyridine rings is 1. The van der Waals surface area contributed by atoms with Crippen molar-refractivity contribution < 1.29 is 8.96 Å². The van der Waals surface area contributed by atoms with Gasteiger partial charge in [0.1, 0.15) is 5.82 Å². The average Bonchev–Trinajstić information content (AvgIpc) is 2.88. The summed E-state index contributed by atoms with van der Waals surface area (Å²) < 4.78 is 15.5. The van der Waals surface area contributed by atoms with Gasteiger partial charge in [-0.15, -0.1) is 0 Å². The second-order valence-corrected chi connectivity index (χ2v) is 4.94. The number of nitrogens with zero attached hydrogens (tertiary/aromatic N) is 1. The molecule has 1 aliphatic carbocycles. The molecule has 0 saturated carbocycles. The summed E-state index contributed by atoms with van der Waals surface area (Å²) in [5.74, 6) is -0.156. The summed E-state index contributed by atoms with van der Waals surface area (Å²) in [7, 11) is 0. The van der Waals surface area contributed by atoms with Crippen LogP contribution < -0.4 is 4.57 Å². The second-order valence-electron chi connectivity index (χ2n) is 4.94. The smallest absolute Gasteiger partial charge is 0.207 e. The van der Waals surface area contributed by atoms with E-state index in [1.807, 2.05) is 12.1 Å². The van der Waals surface area contributed by atoms with Gasteiger partial charge in [0, 0.05) is 28.7 Å². The lowest BCUT2D eigenvalue weighted by Crippen LogP contribution is -2.35. The van der Waals surface area contributed by atoms with Crippen molar-refractivity contribution in [1.29, 1.82) is 0 Å². The fourth-order valence-corrected chi connectivity index (χ4v) is 3.21. The highest BCUT2D eigenvalue weighted by molar-refractivity contribution is 5.79. The van der Waals surface area contributed by atoms with E-state index in [2.05, 4.69) is 10.6 Å². The van der Waals surface area contributed by atoms with Gasteiger partial charge in [0.05, 0.1) is 0 Å². The van der Waals surface area contributed by atoms with Gasteiger partial charge in [-0.05, 0) is 37.5 Å². The highest BCUT2D eigenvalue weighted by atomic mass is 19.1. The quantitative estimate of drug-likeness (QED) is 0.607. The van der Waals surface area contributed by atoms with Crippen molar-refractivity contribution in [3.8, 4) is 0 Å². The minimum atomic E-state index is -0.156. The maximum Gasteiger partial charge on any atom is 0.213 e. The maximum atomic E-state index is 13.2. The standard InChI is InChI=1S/C15H13FN/c16-12-5-7-14-10(8-12)4-6-15-13-3-1-2-11(13)9-17(14)15/h4-8H,1-3,9H2/q+1. The summed E-state index contributed by atoms with van der Waals surface area (Å²) in [6.45, 7) is 1.01. The fraction of sp³-hybridized carbons (Fsp3) is 0.267. The summed E-state index contributed by atoms with van der Waals surface area (Å²) in [5.41, 5.74) is 5.62. The predicted molar refractivity (Wildman–Crippen MR) is 64.9 cm³/mol. The summed E-state index contributed by atoms with van der Waals surface area (Å²) in [6.07, 6.45) is 3.74. The number of aromatic nitrogens is 1. The molecule has 4 rings (SSSR count). The number of rotatable bonds is 0. The van der Waals surface area contributed by atoms with Crippen LogP contribution >= 0.6 is 0 Å². The Hall–Kier alpha value is -1.70. The van der Waals surface area contributed by atoms with E-state index in [-0.39, 0.29) is 5.82 Å². The first-order chi connectivity index (χ1) is 8.33. The van der Waals surface area contributed by atoms with E-state index in [9.17, 15) is 4.39 Å². The zero-order valence-corrected chi connectivity index (χ0v) is 9.54. The molecule has 0 fully saturated rings. The number of halogens is 1. The number of allylic oxidation sites excluding steroid dienone is 2. The third kappa shape index (κ3) is 1.21. The van der Waals surface area contributed by atoms with Crippen LogP contribution in [0.4, 0.5) is 4.39 Å². The molecule has 84 valence electrons. The molecule has 0 atom stereocenters. The summed E-state index contributed by atoms with van der Waals surface area (Å²) in [4.78, 5) is 0. The minimum Gasteiger partial charge on any atom is -0.207 e. The first-order valence-electron chi connectivity index (χ1n) is 6.16. The normalized spacial score (nSPS) is 17.7. The van der Waals surface area contributed by atoms with Crippen molar-refractivity contribution in [3.05, 3.63) is 47.4 Å². The lowest BCUT2D eigenvalue weighted by molar-refractivity contribution is -0.660. The molecule has 1 nitrogen and oxygen atoms in total. The molecule has 0 bridgehead atoms. The van der Waals surface area contributed by atoms with E-state index >= 15 is 0 Å². The third-order valence-corrected chi connectivity index (χ3v) is 3.98. The average molecular weight is 226 g/mol. The van der Waals surface area contributed by atoms with Gasteiger partial charge >= 0.3 is 0 Å². The van der Waals surface area contributed by atoms with Gasteiger partial charge in [0.15, 0.2) is 6.54 Å². The van der Waals surface area contributed by atoms with Gasteiger partial charge in [-0.3, -0.25) is 0 Å². The lowest BCUT2D eigenvalue weighted by Gasteiger charge is -2.02. The van der Waals surface area contributed by atoms with Gasteiger partial charge in [0.2, 0.25) is 11.2 Å². The van der Waals surface area contributed by atoms with E-state index in [4.69, 9.17) is 0 Å². The van der Waals surface area contributed by atoms with Crippen LogP contribution in [0.1, 0.15) is 25.0 Å². The molecule has 2 aliphatic rings. The molecule has 1 aliphatic heterocycles. The van der Waals surface area contributed by atoms with Crippen molar-refractivity contribution >= 4 is 16.5 Å². The fourth-order valence-electron chi connectivity index (χ4n) is 3.21. The van der Waals surface area contributed by atoms with E-state index < -0.39 is 0 Å². The molecular weight excluding hydrogens is 213 g/mol. The lowest BCUT2D eigenvalue weighted by atomic mass is 10.1. The molecule has 0 radical (unpaired) electrons. The highest BCUT2D eigenvalue weighted by Gasteiger charge is 2.33. The van der Waals surface area contributed by atoms with Crippen molar-refractivity contribution in [2.75, 3.05) is 0 Å². The van der Waals surface area contributed by atoms with E-state index in [1.54, 1.807) is 17.7 Å². The largest absolute Gasteiger partial charge is 0.213 e. The van der Waals surface area contributed by atoms with Gasteiger partial charge in [-0.25, -0.2) is 4.39 Å². The molecule has 2 heteroatoms. The van der Waals surface area contributed by atoms with Crippen LogP contribution in [0.15, 0.2) is 35.9 Å². The molecule has 2 heterocycles. The van der Waals surface area contributed by atoms with Crippen molar-refractivity contribution in [3.63, 3.8) is 0 Å². The van der Waals surface area contributed by atoms with Crippen molar-refractivity contribution in [1.82, 2.24) is 0 Å². The van der Waals surface area contributed by atoms with Gasteiger partial charge < -0.3 is 0 Å². The zero-order valence-electron chi connectivity index (χ0n) is 9.54. The monoisotopic (exact) mass is 226 g/mol. The zero-order chi connectivity index (χ0) is 11.4. The molecule has 0 saturated heterocycles. The summed E-state index contributed by atoms with van der Waals surface area (Å²) in [6, 6.07) is 9.26. The van der Waals surface area contributed by atoms with E-state index in [1.165, 1.54) is 30.5 Å². The number of hydrogen-bond donors (Lipinski definition) is 0.